The van der Waals surface area contributed by atoms with E-state index < -0.39 is 0 Å². The molecule has 19 heavy (non-hydrogen) atoms. The number of hydrogen-bond acceptors (Lipinski definition) is 3. The van der Waals surface area contributed by atoms with Crippen LogP contribution in [0, 0.1) is 18.7 Å². The van der Waals surface area contributed by atoms with Gasteiger partial charge in [-0.25, -0.2) is 4.39 Å². The molecule has 1 aromatic carbocycles. The van der Waals surface area contributed by atoms with E-state index in [1.54, 1.807) is 13.0 Å². The molecule has 4 heteroatoms. The predicted octanol–water partition coefficient (Wildman–Crippen LogP) is 2.77. The first-order chi connectivity index (χ1) is 8.97. The Kier molecular flexibility index (Phi) is 5.96. The van der Waals surface area contributed by atoms with Crippen molar-refractivity contribution in [3.8, 4) is 0 Å². The number of benzene rings is 1. The van der Waals surface area contributed by atoms with Gasteiger partial charge in [0.2, 0.25) is 0 Å². The van der Waals surface area contributed by atoms with Crippen LogP contribution in [0.5, 0.6) is 0 Å². The summed E-state index contributed by atoms with van der Waals surface area (Å²) >= 11 is 0. The molecule has 0 saturated heterocycles. The van der Waals surface area contributed by atoms with Crippen molar-refractivity contribution in [2.24, 2.45) is 5.92 Å². The van der Waals surface area contributed by atoms with Gasteiger partial charge < -0.3 is 9.64 Å². The van der Waals surface area contributed by atoms with Crippen LogP contribution in [0.4, 0.5) is 4.39 Å². The van der Waals surface area contributed by atoms with Crippen LogP contribution in [0.1, 0.15) is 24.5 Å². The van der Waals surface area contributed by atoms with E-state index in [-0.39, 0.29) is 17.7 Å². The molecule has 0 aromatic heterocycles. The van der Waals surface area contributed by atoms with Gasteiger partial charge in [-0.3, -0.25) is 4.79 Å². The van der Waals surface area contributed by atoms with E-state index >= 15 is 0 Å². The van der Waals surface area contributed by atoms with Crippen molar-refractivity contribution >= 4 is 5.97 Å². The van der Waals surface area contributed by atoms with Gasteiger partial charge in [-0.1, -0.05) is 19.1 Å². The highest BCUT2D eigenvalue weighted by Gasteiger charge is 2.18. The molecule has 106 valence electrons. The van der Waals surface area contributed by atoms with E-state index in [0.717, 1.165) is 12.0 Å². The Morgan fingerprint density at radius 1 is 1.47 bits per heavy atom. The molecule has 0 N–H and O–H groups in total. The van der Waals surface area contributed by atoms with E-state index in [1.807, 2.05) is 20.0 Å². The van der Waals surface area contributed by atoms with Crippen molar-refractivity contribution in [3.05, 3.63) is 35.1 Å². The molecule has 0 aliphatic carbocycles. The first-order valence-electron chi connectivity index (χ1n) is 6.49. The Morgan fingerprint density at radius 2 is 2.16 bits per heavy atom. The first kappa shape index (κ1) is 15.6. The fraction of sp³-hybridized carbons (Fsp3) is 0.533. The molecule has 0 aliphatic rings. The van der Waals surface area contributed by atoms with Crippen LogP contribution in [0.3, 0.4) is 0 Å². The third-order valence-electron chi connectivity index (χ3n) is 3.23. The number of carbonyl (C=O) groups is 1. The molecule has 0 radical (unpaired) electrons. The van der Waals surface area contributed by atoms with Crippen LogP contribution in [0.25, 0.3) is 0 Å². The number of aryl methyl sites for hydroxylation is 1. The molecule has 0 spiro atoms. The summed E-state index contributed by atoms with van der Waals surface area (Å²) in [4.78, 5) is 13.6. The maximum absolute atomic E-state index is 13.2. The first-order valence-corrected chi connectivity index (χ1v) is 6.49. The quantitative estimate of drug-likeness (QED) is 0.742. The van der Waals surface area contributed by atoms with Crippen LogP contribution >= 0.6 is 0 Å². The van der Waals surface area contributed by atoms with E-state index in [1.165, 1.54) is 13.2 Å². The number of methoxy groups -OCH3 is 1. The molecule has 1 atom stereocenters. The molecule has 0 bridgehead atoms. The normalized spacial score (nSPS) is 12.5. The SMILES string of the molecule is CCC(CN(C)Cc1ccc(F)c(C)c1)C(=O)OC. The fourth-order valence-corrected chi connectivity index (χ4v) is 2.09. The van der Waals surface area contributed by atoms with Gasteiger partial charge in [-0.05, 0) is 37.6 Å². The monoisotopic (exact) mass is 267 g/mol. The number of esters is 1. The lowest BCUT2D eigenvalue weighted by Gasteiger charge is -2.21. The third-order valence-corrected chi connectivity index (χ3v) is 3.23. The second-order valence-corrected chi connectivity index (χ2v) is 4.91. The minimum Gasteiger partial charge on any atom is -0.469 e. The van der Waals surface area contributed by atoms with Crippen molar-refractivity contribution < 1.29 is 13.9 Å². The zero-order valence-electron chi connectivity index (χ0n) is 12.1. The van der Waals surface area contributed by atoms with Gasteiger partial charge in [-0.2, -0.15) is 0 Å². The van der Waals surface area contributed by atoms with Crippen LogP contribution < -0.4 is 0 Å². The van der Waals surface area contributed by atoms with Crippen molar-refractivity contribution in [2.75, 3.05) is 20.7 Å². The Balaban J connectivity index is 2.61. The Hall–Kier alpha value is -1.42. The average Bonchev–Trinajstić information content (AvgIpc) is 2.39. The molecule has 1 rings (SSSR count). The van der Waals surface area contributed by atoms with Gasteiger partial charge in [0.05, 0.1) is 13.0 Å². The maximum atomic E-state index is 13.2. The molecule has 0 amide bonds. The largest absolute Gasteiger partial charge is 0.469 e. The Labute approximate surface area is 114 Å². The topological polar surface area (TPSA) is 29.5 Å². The summed E-state index contributed by atoms with van der Waals surface area (Å²) in [7, 11) is 3.36. The number of hydrogen-bond donors (Lipinski definition) is 0. The average molecular weight is 267 g/mol. The molecule has 0 heterocycles. The van der Waals surface area contributed by atoms with Gasteiger partial charge >= 0.3 is 5.97 Å². The van der Waals surface area contributed by atoms with Crippen LogP contribution in [0.15, 0.2) is 18.2 Å². The summed E-state index contributed by atoms with van der Waals surface area (Å²) < 4.78 is 18.0. The second-order valence-electron chi connectivity index (χ2n) is 4.91. The van der Waals surface area contributed by atoms with E-state index in [0.29, 0.717) is 18.7 Å². The summed E-state index contributed by atoms with van der Waals surface area (Å²) in [6.45, 7) is 5.05. The standard InChI is InChI=1S/C15H22FNO2/c1-5-13(15(18)19-4)10-17(3)9-12-6-7-14(16)11(2)8-12/h6-8,13H,5,9-10H2,1-4H3. The van der Waals surface area contributed by atoms with Crippen LogP contribution in [0.2, 0.25) is 0 Å². The number of nitrogens with zero attached hydrogens (tertiary/aromatic N) is 1. The predicted molar refractivity (Wildman–Crippen MR) is 73.3 cm³/mol. The minimum atomic E-state index is -0.188. The number of ether oxygens (including phenoxy) is 1. The smallest absolute Gasteiger partial charge is 0.309 e. The van der Waals surface area contributed by atoms with Crippen LogP contribution in [-0.2, 0) is 16.1 Å². The lowest BCUT2D eigenvalue weighted by atomic mass is 10.1. The second kappa shape index (κ2) is 7.24. The molecule has 3 nitrogen and oxygen atoms in total. The van der Waals surface area contributed by atoms with Crippen LogP contribution in [-0.4, -0.2) is 31.6 Å². The molecular weight excluding hydrogens is 245 g/mol. The summed E-state index contributed by atoms with van der Waals surface area (Å²) in [5.74, 6) is -0.478. The number of carbonyl (C=O) groups excluding carboxylic acids is 1. The lowest BCUT2D eigenvalue weighted by Crippen LogP contribution is -2.30. The van der Waals surface area contributed by atoms with Crippen molar-refractivity contribution in [1.29, 1.82) is 0 Å². The summed E-state index contributed by atoms with van der Waals surface area (Å²) in [6.07, 6.45) is 0.749. The Morgan fingerprint density at radius 3 is 2.68 bits per heavy atom. The molecule has 0 saturated carbocycles. The summed E-state index contributed by atoms with van der Waals surface area (Å²) in [5.41, 5.74) is 1.69. The van der Waals surface area contributed by atoms with Gasteiger partial charge in [0.1, 0.15) is 5.82 Å². The lowest BCUT2D eigenvalue weighted by molar-refractivity contribution is -0.146. The van der Waals surface area contributed by atoms with Gasteiger partial charge in [0.25, 0.3) is 0 Å². The fourth-order valence-electron chi connectivity index (χ4n) is 2.09. The molecule has 0 aliphatic heterocycles. The maximum Gasteiger partial charge on any atom is 0.309 e. The highest BCUT2D eigenvalue weighted by Crippen LogP contribution is 2.13. The van der Waals surface area contributed by atoms with Gasteiger partial charge in [-0.15, -0.1) is 0 Å². The van der Waals surface area contributed by atoms with Crippen molar-refractivity contribution in [2.45, 2.75) is 26.8 Å². The molecule has 1 unspecified atom stereocenters. The molecule has 0 fully saturated rings. The Bertz CT molecular complexity index is 434. The number of halogens is 1. The summed E-state index contributed by atoms with van der Waals surface area (Å²) in [5, 5.41) is 0. The molecule has 1 aromatic rings. The van der Waals surface area contributed by atoms with Crippen molar-refractivity contribution in [3.63, 3.8) is 0 Å². The van der Waals surface area contributed by atoms with E-state index in [9.17, 15) is 9.18 Å². The van der Waals surface area contributed by atoms with E-state index in [4.69, 9.17) is 4.74 Å². The van der Waals surface area contributed by atoms with Gasteiger partial charge in [0.15, 0.2) is 0 Å². The highest BCUT2D eigenvalue weighted by atomic mass is 19.1. The zero-order chi connectivity index (χ0) is 14.4. The molecular formula is C15H22FNO2. The number of rotatable bonds is 6. The minimum absolute atomic E-state index is 0.114. The summed E-state index contributed by atoms with van der Waals surface area (Å²) in [6, 6.07) is 5.10. The zero-order valence-corrected chi connectivity index (χ0v) is 12.1. The highest BCUT2D eigenvalue weighted by molar-refractivity contribution is 5.72. The van der Waals surface area contributed by atoms with Crippen molar-refractivity contribution in [1.82, 2.24) is 4.90 Å². The van der Waals surface area contributed by atoms with E-state index in [2.05, 4.69) is 4.90 Å². The third kappa shape index (κ3) is 4.63. The van der Waals surface area contributed by atoms with Gasteiger partial charge in [0, 0.05) is 13.1 Å².